The first kappa shape index (κ1) is 24.6. The van der Waals surface area contributed by atoms with Crippen LogP contribution in [0, 0.1) is 5.41 Å². The molecule has 2 aliphatic carbocycles. The van der Waals surface area contributed by atoms with Gasteiger partial charge in [0.15, 0.2) is 11.2 Å². The van der Waals surface area contributed by atoms with E-state index >= 15 is 0 Å². The molecule has 0 spiro atoms. The molecule has 36 heavy (non-hydrogen) atoms. The third kappa shape index (κ3) is 2.83. The molecule has 1 fully saturated rings. The molecule has 2 aromatic carbocycles. The molecular weight excluding hydrogens is 444 g/mol. The molecule has 1 heterocycles. The van der Waals surface area contributed by atoms with E-state index in [9.17, 15) is 5.11 Å². The molecular formula is C32H37N2O2+. The van der Waals surface area contributed by atoms with Gasteiger partial charge in [-0.1, -0.05) is 70.3 Å². The van der Waals surface area contributed by atoms with Gasteiger partial charge in [-0.25, -0.2) is 4.57 Å². The summed E-state index contributed by atoms with van der Waals surface area (Å²) < 4.78 is 7.81. The molecule has 0 aliphatic heterocycles. The van der Waals surface area contributed by atoms with E-state index < -0.39 is 16.7 Å². The normalized spacial score (nSPS) is 25.1. The molecule has 2 unspecified atom stereocenters. The van der Waals surface area contributed by atoms with Gasteiger partial charge < -0.3 is 9.84 Å². The molecule has 1 aromatic heterocycles. The maximum Gasteiger partial charge on any atom is 0.288 e. The summed E-state index contributed by atoms with van der Waals surface area (Å²) in [6.07, 6.45) is 6.90. The molecule has 5 rings (SSSR count). The van der Waals surface area contributed by atoms with Crippen molar-refractivity contribution in [1.82, 2.24) is 4.98 Å². The van der Waals surface area contributed by atoms with E-state index in [-0.39, 0.29) is 5.41 Å². The molecule has 4 nitrogen and oxygen atoms in total. The Bertz CT molecular complexity index is 1480. The van der Waals surface area contributed by atoms with Gasteiger partial charge in [0.25, 0.3) is 6.33 Å². The van der Waals surface area contributed by atoms with Crippen LogP contribution in [0.5, 0.6) is 0 Å². The Balaban J connectivity index is 1.84. The summed E-state index contributed by atoms with van der Waals surface area (Å²) in [5.74, 6) is -1.35. The van der Waals surface area contributed by atoms with Crippen molar-refractivity contribution in [2.45, 2.75) is 64.7 Å². The second kappa shape index (κ2) is 7.71. The lowest BCUT2D eigenvalue weighted by molar-refractivity contribution is -0.756. The van der Waals surface area contributed by atoms with Gasteiger partial charge in [-0.05, 0) is 66.2 Å². The Morgan fingerprint density at radius 1 is 1.08 bits per heavy atom. The zero-order valence-electron chi connectivity index (χ0n) is 22.6. The molecule has 1 saturated carbocycles. The topological polar surface area (TPSA) is 46.2 Å². The number of hydrogen-bond acceptors (Lipinski definition) is 3. The first-order chi connectivity index (χ1) is 16.9. The number of fused-ring (bicyclic) bond motifs is 4. The summed E-state index contributed by atoms with van der Waals surface area (Å²) in [4.78, 5) is 5.05. The maximum absolute atomic E-state index is 11.6. The van der Waals surface area contributed by atoms with Gasteiger partial charge >= 0.3 is 0 Å². The van der Waals surface area contributed by atoms with Gasteiger partial charge in [-0.2, -0.15) is 0 Å². The second-order valence-electron chi connectivity index (χ2n) is 11.4. The minimum Gasteiger partial charge on any atom is -0.361 e. The van der Waals surface area contributed by atoms with Crippen molar-refractivity contribution in [1.29, 1.82) is 0 Å². The standard InChI is InChI=1S/C32H37N2O2/c1-10-11-14-20(2)21(3)28-26-27(33-19-34(28)31(8)30(6,7)32(31,35)36-9)24-17-22-15-12-13-16-23(22)18-25(24)29(26,4)5/h11-19,35H,2-3,10H2,1,4-9H3/q+1/b14-11-. The Morgan fingerprint density at radius 2 is 1.72 bits per heavy atom. The Labute approximate surface area is 214 Å². The van der Waals surface area contributed by atoms with Crippen molar-refractivity contribution in [3.05, 3.63) is 90.4 Å². The van der Waals surface area contributed by atoms with E-state index in [1.54, 1.807) is 7.11 Å². The summed E-state index contributed by atoms with van der Waals surface area (Å²) in [7, 11) is 1.57. The number of aliphatic hydroxyl groups is 1. The molecule has 0 bridgehead atoms. The van der Waals surface area contributed by atoms with Gasteiger partial charge in [0.2, 0.25) is 5.79 Å². The van der Waals surface area contributed by atoms with Crippen LogP contribution in [0.4, 0.5) is 0 Å². The van der Waals surface area contributed by atoms with E-state index in [2.05, 4.69) is 81.0 Å². The van der Waals surface area contributed by atoms with Crippen LogP contribution in [0.2, 0.25) is 0 Å². The fourth-order valence-corrected chi connectivity index (χ4v) is 6.42. The highest BCUT2D eigenvalue weighted by Crippen LogP contribution is 2.67. The lowest BCUT2D eigenvalue weighted by Gasteiger charge is -2.26. The van der Waals surface area contributed by atoms with E-state index in [4.69, 9.17) is 9.72 Å². The summed E-state index contributed by atoms with van der Waals surface area (Å²) in [5, 5.41) is 14.0. The van der Waals surface area contributed by atoms with Crippen LogP contribution in [0.1, 0.15) is 64.8 Å². The zero-order chi connectivity index (χ0) is 26.3. The second-order valence-corrected chi connectivity index (χ2v) is 11.4. The smallest absolute Gasteiger partial charge is 0.288 e. The fourth-order valence-electron chi connectivity index (χ4n) is 6.42. The number of hydrogen-bond donors (Lipinski definition) is 1. The van der Waals surface area contributed by atoms with Crippen LogP contribution >= 0.6 is 0 Å². The van der Waals surface area contributed by atoms with Crippen LogP contribution in [-0.2, 0) is 15.7 Å². The van der Waals surface area contributed by atoms with Crippen molar-refractivity contribution >= 4 is 16.3 Å². The highest BCUT2D eigenvalue weighted by Gasteiger charge is 2.87. The first-order valence-corrected chi connectivity index (χ1v) is 12.7. The molecule has 4 heteroatoms. The highest BCUT2D eigenvalue weighted by molar-refractivity contribution is 5.94. The van der Waals surface area contributed by atoms with E-state index in [1.165, 1.54) is 16.3 Å². The molecule has 0 amide bonds. The van der Waals surface area contributed by atoms with Crippen molar-refractivity contribution in [3.8, 4) is 11.3 Å². The minimum atomic E-state index is -1.35. The number of allylic oxidation sites excluding steroid dienone is 4. The monoisotopic (exact) mass is 481 g/mol. The third-order valence-electron chi connectivity index (χ3n) is 9.12. The number of ether oxygens (including phenoxy) is 1. The molecule has 186 valence electrons. The third-order valence-corrected chi connectivity index (χ3v) is 9.12. The van der Waals surface area contributed by atoms with Gasteiger partial charge in [0, 0.05) is 23.7 Å². The van der Waals surface area contributed by atoms with Crippen LogP contribution < -0.4 is 4.57 Å². The predicted molar refractivity (Wildman–Crippen MR) is 146 cm³/mol. The Morgan fingerprint density at radius 3 is 2.31 bits per heavy atom. The Kier molecular flexibility index (Phi) is 5.27. The predicted octanol–water partition coefficient (Wildman–Crippen LogP) is 6.45. The molecule has 2 aliphatic rings. The van der Waals surface area contributed by atoms with Crippen LogP contribution in [0.25, 0.3) is 27.6 Å². The summed E-state index contributed by atoms with van der Waals surface area (Å²) in [6.45, 7) is 21.6. The fraction of sp³-hybridized carbons (Fsp3) is 0.375. The molecule has 1 N–H and O–H groups in total. The van der Waals surface area contributed by atoms with Crippen molar-refractivity contribution in [2.24, 2.45) is 5.41 Å². The molecule has 2 atom stereocenters. The maximum atomic E-state index is 11.6. The Hall–Kier alpha value is -3.08. The van der Waals surface area contributed by atoms with Gasteiger partial charge in [0.05, 0.1) is 11.0 Å². The lowest BCUT2D eigenvalue weighted by Crippen LogP contribution is -2.55. The number of nitrogens with zero attached hydrogens (tertiary/aromatic N) is 2. The minimum absolute atomic E-state index is 0.335. The van der Waals surface area contributed by atoms with Crippen LogP contribution in [0.3, 0.4) is 0 Å². The van der Waals surface area contributed by atoms with E-state index in [0.717, 1.165) is 40.1 Å². The van der Waals surface area contributed by atoms with Crippen molar-refractivity contribution < 1.29 is 14.4 Å². The quantitative estimate of drug-likeness (QED) is 0.250. The van der Waals surface area contributed by atoms with E-state index in [1.807, 2.05) is 33.2 Å². The largest absolute Gasteiger partial charge is 0.361 e. The van der Waals surface area contributed by atoms with Gasteiger partial charge in [0.1, 0.15) is 5.69 Å². The number of methoxy groups -OCH3 is 1. The van der Waals surface area contributed by atoms with E-state index in [0.29, 0.717) is 0 Å². The van der Waals surface area contributed by atoms with Gasteiger partial charge in [-0.3, -0.25) is 0 Å². The summed E-state index contributed by atoms with van der Waals surface area (Å²) >= 11 is 0. The molecule has 0 saturated heterocycles. The number of benzene rings is 2. The van der Waals surface area contributed by atoms with Gasteiger partial charge in [-0.15, -0.1) is 0 Å². The van der Waals surface area contributed by atoms with Crippen molar-refractivity contribution in [3.63, 3.8) is 0 Å². The number of rotatable bonds is 6. The average Bonchev–Trinajstić information content (AvgIpc) is 3.09. The van der Waals surface area contributed by atoms with Crippen LogP contribution in [-0.4, -0.2) is 23.0 Å². The summed E-state index contributed by atoms with van der Waals surface area (Å²) in [5.41, 5.74) is 5.44. The van der Waals surface area contributed by atoms with Crippen LogP contribution in [0.15, 0.2) is 73.6 Å². The first-order valence-electron chi connectivity index (χ1n) is 12.7. The lowest BCUT2D eigenvalue weighted by atomic mass is 9.79. The highest BCUT2D eigenvalue weighted by atomic mass is 16.6. The zero-order valence-corrected chi connectivity index (χ0v) is 22.6. The average molecular weight is 482 g/mol. The molecule has 0 radical (unpaired) electrons. The SMILES string of the molecule is C=C(/C=C\CC)C(=C)c1c2c(nc[n+]1C1(C)C(C)(C)C1(O)OC)-c1cc3ccccc3cc1C2(C)C. The molecule has 3 aromatic rings. The van der Waals surface area contributed by atoms with Crippen molar-refractivity contribution in [2.75, 3.05) is 7.11 Å². The summed E-state index contributed by atoms with van der Waals surface area (Å²) in [6, 6.07) is 13.0. The number of aromatic nitrogens is 2.